The van der Waals surface area contributed by atoms with Crippen molar-refractivity contribution in [2.45, 2.75) is 24.3 Å². The van der Waals surface area contributed by atoms with Gasteiger partial charge in [0, 0.05) is 17.0 Å². The molecule has 2 aliphatic heterocycles. The summed E-state index contributed by atoms with van der Waals surface area (Å²) < 4.78 is 11.8. The number of para-hydroxylation sites is 2. The van der Waals surface area contributed by atoms with Gasteiger partial charge in [-0.2, -0.15) is 0 Å². The lowest BCUT2D eigenvalue weighted by molar-refractivity contribution is -0.113. The van der Waals surface area contributed by atoms with Crippen LogP contribution in [0.1, 0.15) is 23.7 Å². The first kappa shape index (κ1) is 18.7. The number of anilines is 1. The van der Waals surface area contributed by atoms with E-state index in [-0.39, 0.29) is 17.9 Å². The van der Waals surface area contributed by atoms with Crippen LogP contribution in [0.4, 0.5) is 5.69 Å². The van der Waals surface area contributed by atoms with E-state index in [0.717, 1.165) is 17.1 Å². The Labute approximate surface area is 168 Å². The molecule has 7 heteroatoms. The van der Waals surface area contributed by atoms with Gasteiger partial charge in [-0.25, -0.2) is 0 Å². The highest BCUT2D eigenvalue weighted by atomic mass is 32.2. The fraction of sp³-hybridized carbons (Fsp3) is 0.333. The predicted molar refractivity (Wildman–Crippen MR) is 108 cm³/mol. The molecule has 4 rings (SSSR count). The van der Waals surface area contributed by atoms with Crippen molar-refractivity contribution in [2.24, 2.45) is 0 Å². The maximum atomic E-state index is 13.1. The molecule has 0 spiro atoms. The maximum absolute atomic E-state index is 13.1. The van der Waals surface area contributed by atoms with Gasteiger partial charge in [0.15, 0.2) is 17.6 Å². The van der Waals surface area contributed by atoms with Crippen LogP contribution in [0, 0.1) is 0 Å². The van der Waals surface area contributed by atoms with E-state index in [1.54, 1.807) is 11.0 Å². The molecule has 2 amide bonds. The minimum absolute atomic E-state index is 0.0427. The summed E-state index contributed by atoms with van der Waals surface area (Å²) in [4.78, 5) is 27.6. The Morgan fingerprint density at radius 3 is 2.89 bits per heavy atom. The lowest BCUT2D eigenvalue weighted by Crippen LogP contribution is -2.44. The Kier molecular flexibility index (Phi) is 5.43. The van der Waals surface area contributed by atoms with Gasteiger partial charge in [0.05, 0.1) is 18.0 Å². The van der Waals surface area contributed by atoms with Crippen LogP contribution in [0.25, 0.3) is 0 Å². The Balaban J connectivity index is 1.49. The molecular formula is C21H22N2O4S. The molecule has 0 aliphatic carbocycles. The molecule has 0 saturated carbocycles. The fourth-order valence-electron chi connectivity index (χ4n) is 3.34. The smallest absolute Gasteiger partial charge is 0.254 e. The predicted octanol–water partition coefficient (Wildman–Crippen LogP) is 3.42. The number of thioether (sulfide) groups is 1. The summed E-state index contributed by atoms with van der Waals surface area (Å²) in [6.07, 6.45) is 0.617. The molecule has 0 aromatic heterocycles. The highest BCUT2D eigenvalue weighted by Gasteiger charge is 2.26. The van der Waals surface area contributed by atoms with Gasteiger partial charge in [-0.3, -0.25) is 9.59 Å². The van der Waals surface area contributed by atoms with Gasteiger partial charge >= 0.3 is 0 Å². The third-order valence-electron chi connectivity index (χ3n) is 4.63. The molecule has 1 unspecified atom stereocenters. The second-order valence-corrected chi connectivity index (χ2v) is 7.81. The Morgan fingerprint density at radius 2 is 2.07 bits per heavy atom. The SMILES string of the molecule is CCCN(CC1COc2ccccc2O1)C(=O)c1ccc2c(c1)NC(=O)CS2. The van der Waals surface area contributed by atoms with Crippen molar-refractivity contribution in [2.75, 3.05) is 30.8 Å². The number of nitrogens with zero attached hydrogens (tertiary/aromatic N) is 1. The molecule has 1 N–H and O–H groups in total. The first-order valence-electron chi connectivity index (χ1n) is 9.38. The topological polar surface area (TPSA) is 67.9 Å². The summed E-state index contributed by atoms with van der Waals surface area (Å²) in [6, 6.07) is 13.0. The van der Waals surface area contributed by atoms with Crippen LogP contribution in [0.2, 0.25) is 0 Å². The summed E-state index contributed by atoms with van der Waals surface area (Å²) in [5, 5.41) is 2.84. The highest BCUT2D eigenvalue weighted by molar-refractivity contribution is 8.00. The molecule has 1 atom stereocenters. The van der Waals surface area contributed by atoms with Gasteiger partial charge in [0.2, 0.25) is 5.91 Å². The van der Waals surface area contributed by atoms with Crippen molar-refractivity contribution < 1.29 is 19.1 Å². The van der Waals surface area contributed by atoms with E-state index in [4.69, 9.17) is 9.47 Å². The number of nitrogens with one attached hydrogen (secondary N) is 1. The fourth-order valence-corrected chi connectivity index (χ4v) is 4.13. The molecule has 0 saturated heterocycles. The standard InChI is InChI=1S/C21H22N2O4S/c1-2-9-23(11-15-12-26-17-5-3-4-6-18(17)27-15)21(25)14-7-8-19-16(10-14)22-20(24)13-28-19/h3-8,10,15H,2,9,11-13H2,1H3,(H,22,24). The minimum atomic E-state index is -0.224. The molecule has 0 fully saturated rings. The van der Waals surface area contributed by atoms with Crippen molar-refractivity contribution in [1.82, 2.24) is 4.90 Å². The first-order chi connectivity index (χ1) is 13.6. The van der Waals surface area contributed by atoms with Crippen LogP contribution in [-0.4, -0.2) is 48.3 Å². The maximum Gasteiger partial charge on any atom is 0.254 e. The zero-order valence-electron chi connectivity index (χ0n) is 15.6. The molecule has 0 bridgehead atoms. The van der Waals surface area contributed by atoms with Gasteiger partial charge in [0.1, 0.15) is 6.61 Å². The van der Waals surface area contributed by atoms with Crippen molar-refractivity contribution in [1.29, 1.82) is 0 Å². The number of rotatable bonds is 5. The van der Waals surface area contributed by atoms with Crippen molar-refractivity contribution in [3.8, 4) is 11.5 Å². The van der Waals surface area contributed by atoms with Gasteiger partial charge in [0.25, 0.3) is 5.91 Å². The molecule has 2 aromatic carbocycles. The van der Waals surface area contributed by atoms with Crippen molar-refractivity contribution in [3.05, 3.63) is 48.0 Å². The Morgan fingerprint density at radius 1 is 1.25 bits per heavy atom. The van der Waals surface area contributed by atoms with E-state index in [2.05, 4.69) is 5.32 Å². The van der Waals surface area contributed by atoms with E-state index in [1.165, 1.54) is 11.8 Å². The lowest BCUT2D eigenvalue weighted by Gasteiger charge is -2.31. The number of hydrogen-bond acceptors (Lipinski definition) is 5. The lowest BCUT2D eigenvalue weighted by atomic mass is 10.1. The zero-order chi connectivity index (χ0) is 19.5. The monoisotopic (exact) mass is 398 g/mol. The Hall–Kier alpha value is -2.67. The first-order valence-corrected chi connectivity index (χ1v) is 10.4. The van der Waals surface area contributed by atoms with Crippen LogP contribution in [0.3, 0.4) is 0 Å². The Bertz CT molecular complexity index is 902. The summed E-state index contributed by atoms with van der Waals surface area (Å²) in [6.45, 7) is 3.51. The summed E-state index contributed by atoms with van der Waals surface area (Å²) in [5.41, 5.74) is 1.27. The summed E-state index contributed by atoms with van der Waals surface area (Å²) in [7, 11) is 0. The van der Waals surface area contributed by atoms with E-state index in [1.807, 2.05) is 43.3 Å². The molecule has 28 heavy (non-hydrogen) atoms. The number of ether oxygens (including phenoxy) is 2. The summed E-state index contributed by atoms with van der Waals surface area (Å²) in [5.74, 6) is 1.73. The quantitative estimate of drug-likeness (QED) is 0.836. The number of amides is 2. The minimum Gasteiger partial charge on any atom is -0.486 e. The van der Waals surface area contributed by atoms with Crippen LogP contribution < -0.4 is 14.8 Å². The summed E-state index contributed by atoms with van der Waals surface area (Å²) >= 11 is 1.48. The van der Waals surface area contributed by atoms with E-state index >= 15 is 0 Å². The molecule has 0 radical (unpaired) electrons. The van der Waals surface area contributed by atoms with Crippen LogP contribution in [-0.2, 0) is 4.79 Å². The number of carbonyl (C=O) groups excluding carboxylic acids is 2. The third-order valence-corrected chi connectivity index (χ3v) is 5.71. The van der Waals surface area contributed by atoms with E-state index in [9.17, 15) is 9.59 Å². The van der Waals surface area contributed by atoms with Crippen LogP contribution in [0.5, 0.6) is 11.5 Å². The molecule has 2 aliphatic rings. The van der Waals surface area contributed by atoms with Crippen LogP contribution >= 0.6 is 11.8 Å². The zero-order valence-corrected chi connectivity index (χ0v) is 16.5. The van der Waals surface area contributed by atoms with E-state index in [0.29, 0.717) is 42.4 Å². The number of hydrogen-bond donors (Lipinski definition) is 1. The van der Waals surface area contributed by atoms with E-state index < -0.39 is 0 Å². The van der Waals surface area contributed by atoms with Gasteiger partial charge < -0.3 is 19.7 Å². The number of fused-ring (bicyclic) bond motifs is 2. The van der Waals surface area contributed by atoms with Gasteiger partial charge in [-0.05, 0) is 36.8 Å². The average molecular weight is 398 g/mol. The highest BCUT2D eigenvalue weighted by Crippen LogP contribution is 2.33. The molecule has 2 heterocycles. The average Bonchev–Trinajstić information content (AvgIpc) is 2.72. The third kappa shape index (κ3) is 3.94. The van der Waals surface area contributed by atoms with Gasteiger partial charge in [-0.1, -0.05) is 19.1 Å². The van der Waals surface area contributed by atoms with Gasteiger partial charge in [-0.15, -0.1) is 11.8 Å². The van der Waals surface area contributed by atoms with Crippen molar-refractivity contribution >= 4 is 29.3 Å². The number of carbonyl (C=O) groups is 2. The normalized spacial score (nSPS) is 17.5. The molecule has 146 valence electrons. The molecular weight excluding hydrogens is 376 g/mol. The largest absolute Gasteiger partial charge is 0.486 e. The second kappa shape index (κ2) is 8.14. The van der Waals surface area contributed by atoms with Crippen molar-refractivity contribution in [3.63, 3.8) is 0 Å². The molecule has 2 aromatic rings. The second-order valence-electron chi connectivity index (χ2n) is 6.80. The molecule has 6 nitrogen and oxygen atoms in total. The van der Waals surface area contributed by atoms with Crippen LogP contribution in [0.15, 0.2) is 47.4 Å². The number of benzene rings is 2.